The van der Waals surface area contributed by atoms with Crippen molar-refractivity contribution in [3.05, 3.63) is 58.9 Å². The Bertz CT molecular complexity index is 1090. The third-order valence-corrected chi connectivity index (χ3v) is 7.91. The average Bonchev–Trinajstić information content (AvgIpc) is 2.72. The number of halogens is 3. The third-order valence-electron chi connectivity index (χ3n) is 6.11. The van der Waals surface area contributed by atoms with Crippen LogP contribution in [0, 0.1) is 11.7 Å². The van der Waals surface area contributed by atoms with Crippen molar-refractivity contribution < 1.29 is 22.7 Å². The van der Waals surface area contributed by atoms with Crippen molar-refractivity contribution in [2.24, 2.45) is 5.92 Å². The minimum Gasteiger partial charge on any atom is -0.492 e. The normalized spacial score (nSPS) is 21.5. The predicted molar refractivity (Wildman–Crippen MR) is 144 cm³/mol. The zero-order valence-electron chi connectivity index (χ0n) is 20.6. The molecule has 10 heteroatoms. The summed E-state index contributed by atoms with van der Waals surface area (Å²) in [4.78, 5) is 0. The molecule has 4 N–H and O–H groups in total. The molecule has 0 aliphatic carbocycles. The zero-order valence-corrected chi connectivity index (χ0v) is 23.0. The molecule has 0 saturated carbocycles. The second-order valence-corrected chi connectivity index (χ2v) is 12.0. The standard InChI is InChI=1S/C25H35FN2O4S.2ClH/c1-5-32-22-12-17(11-20(26)23(22)27)9-18-14-33(30,31)15-21(24(18)29)28-13-16-7-6-8-19(10-16)25(2,3)4;;/h6-8,10-12,18,21,24,28-29H,5,9,13-15,27H2,1-4H3;2*1H/t18-,21+,24+;;/m1../s1. The fourth-order valence-electron chi connectivity index (χ4n) is 4.29. The predicted octanol–water partition coefficient (Wildman–Crippen LogP) is 4.05. The summed E-state index contributed by atoms with van der Waals surface area (Å²) in [7, 11) is -3.38. The van der Waals surface area contributed by atoms with Crippen LogP contribution in [0.2, 0.25) is 0 Å². The number of nitrogen functional groups attached to an aromatic ring is 1. The molecule has 2 aromatic carbocycles. The van der Waals surface area contributed by atoms with Gasteiger partial charge >= 0.3 is 0 Å². The van der Waals surface area contributed by atoms with E-state index in [1.165, 1.54) is 11.6 Å². The Labute approximate surface area is 220 Å². The first-order valence-corrected chi connectivity index (χ1v) is 13.1. The molecule has 1 aliphatic rings. The topological polar surface area (TPSA) is 102 Å². The van der Waals surface area contributed by atoms with Crippen LogP contribution in [-0.4, -0.2) is 43.8 Å². The third kappa shape index (κ3) is 8.22. The lowest BCUT2D eigenvalue weighted by Gasteiger charge is -2.35. The average molecular weight is 552 g/mol. The minimum absolute atomic E-state index is 0. The van der Waals surface area contributed by atoms with E-state index in [9.17, 15) is 17.9 Å². The Balaban J connectivity index is 0.00000306. The number of anilines is 1. The highest BCUT2D eigenvalue weighted by Crippen LogP contribution is 2.30. The van der Waals surface area contributed by atoms with Crippen LogP contribution >= 0.6 is 24.8 Å². The van der Waals surface area contributed by atoms with Crippen molar-refractivity contribution in [3.8, 4) is 5.75 Å². The SMILES string of the molecule is CCOc1cc(C[C@@H]2CS(=O)(=O)C[C@H](NCc3cccc(C(C)(C)C)c3)[C@H]2O)cc(F)c1N.Cl.Cl. The number of nitrogens with two attached hydrogens (primary N) is 1. The number of aliphatic hydroxyl groups excluding tert-OH is 1. The second-order valence-electron chi connectivity index (χ2n) is 9.89. The van der Waals surface area contributed by atoms with E-state index in [1.807, 2.05) is 12.1 Å². The van der Waals surface area contributed by atoms with E-state index in [0.717, 1.165) is 5.56 Å². The smallest absolute Gasteiger partial charge is 0.152 e. The Kier molecular flexibility index (Phi) is 11.3. The first-order valence-electron chi connectivity index (χ1n) is 11.3. The van der Waals surface area contributed by atoms with E-state index in [2.05, 4.69) is 38.2 Å². The first kappa shape index (κ1) is 31.4. The van der Waals surface area contributed by atoms with E-state index >= 15 is 0 Å². The fourth-order valence-corrected chi connectivity index (χ4v) is 6.26. The van der Waals surface area contributed by atoms with Crippen molar-refractivity contribution in [3.63, 3.8) is 0 Å². The van der Waals surface area contributed by atoms with Gasteiger partial charge in [-0.1, -0.05) is 45.0 Å². The second kappa shape index (κ2) is 12.6. The van der Waals surface area contributed by atoms with Gasteiger partial charge in [-0.2, -0.15) is 0 Å². The molecule has 6 nitrogen and oxygen atoms in total. The highest BCUT2D eigenvalue weighted by Gasteiger charge is 2.39. The van der Waals surface area contributed by atoms with Gasteiger partial charge in [0.05, 0.1) is 24.2 Å². The molecule has 0 bridgehead atoms. The maximum Gasteiger partial charge on any atom is 0.152 e. The molecule has 1 aliphatic heterocycles. The Morgan fingerprint density at radius 2 is 1.83 bits per heavy atom. The van der Waals surface area contributed by atoms with Gasteiger partial charge in [-0.3, -0.25) is 0 Å². The summed E-state index contributed by atoms with van der Waals surface area (Å²) >= 11 is 0. The van der Waals surface area contributed by atoms with E-state index in [-0.39, 0.29) is 59.6 Å². The van der Waals surface area contributed by atoms with Crippen molar-refractivity contribution in [1.82, 2.24) is 5.32 Å². The molecule has 2 aromatic rings. The summed E-state index contributed by atoms with van der Waals surface area (Å²) in [6.07, 6.45) is -0.689. The van der Waals surface area contributed by atoms with Gasteiger partial charge in [0.2, 0.25) is 0 Å². The summed E-state index contributed by atoms with van der Waals surface area (Å²) in [5, 5.41) is 14.2. The molecule has 0 unspecified atom stereocenters. The Hall–Kier alpha value is -1.58. The van der Waals surface area contributed by atoms with Crippen LogP contribution in [0.3, 0.4) is 0 Å². The fraction of sp³-hybridized carbons (Fsp3) is 0.520. The first-order chi connectivity index (χ1) is 15.4. The summed E-state index contributed by atoms with van der Waals surface area (Å²) in [6, 6.07) is 10.4. The molecule has 1 heterocycles. The molecular weight excluding hydrogens is 514 g/mol. The monoisotopic (exact) mass is 550 g/mol. The molecule has 198 valence electrons. The number of aliphatic hydroxyl groups is 1. The van der Waals surface area contributed by atoms with Crippen molar-refractivity contribution in [2.45, 2.75) is 58.2 Å². The van der Waals surface area contributed by atoms with Crippen LogP contribution < -0.4 is 15.8 Å². The highest BCUT2D eigenvalue weighted by molar-refractivity contribution is 7.91. The summed E-state index contributed by atoms with van der Waals surface area (Å²) in [5.74, 6) is -1.24. The minimum atomic E-state index is -3.38. The molecule has 0 amide bonds. The number of benzene rings is 2. The largest absolute Gasteiger partial charge is 0.492 e. The maximum atomic E-state index is 14.3. The molecule has 0 spiro atoms. The number of rotatable bonds is 7. The van der Waals surface area contributed by atoms with Crippen molar-refractivity contribution in [2.75, 3.05) is 23.8 Å². The summed E-state index contributed by atoms with van der Waals surface area (Å²) in [6.45, 7) is 8.96. The molecule has 3 rings (SSSR count). The van der Waals surface area contributed by atoms with Crippen molar-refractivity contribution >= 4 is 40.3 Å². The number of sulfone groups is 1. The van der Waals surface area contributed by atoms with Gasteiger partial charge in [0.25, 0.3) is 0 Å². The van der Waals surface area contributed by atoms with Crippen molar-refractivity contribution in [1.29, 1.82) is 0 Å². The maximum absolute atomic E-state index is 14.3. The van der Waals surface area contributed by atoms with E-state index < -0.39 is 33.7 Å². The van der Waals surface area contributed by atoms with Crippen LogP contribution in [0.5, 0.6) is 5.75 Å². The molecule has 1 saturated heterocycles. The molecule has 1 fully saturated rings. The van der Waals surface area contributed by atoms with E-state index in [4.69, 9.17) is 10.5 Å². The van der Waals surface area contributed by atoms with Crippen LogP contribution in [0.1, 0.15) is 44.4 Å². The number of ether oxygens (including phenoxy) is 1. The summed E-state index contributed by atoms with van der Waals surface area (Å²) in [5.41, 5.74) is 8.42. The Morgan fingerprint density at radius 3 is 2.46 bits per heavy atom. The highest BCUT2D eigenvalue weighted by atomic mass is 35.5. The van der Waals surface area contributed by atoms with E-state index in [0.29, 0.717) is 18.7 Å². The molecule has 35 heavy (non-hydrogen) atoms. The number of nitrogens with one attached hydrogen (secondary N) is 1. The molecule has 0 radical (unpaired) electrons. The van der Waals surface area contributed by atoms with Crippen LogP contribution in [0.4, 0.5) is 10.1 Å². The molecular formula is C25H37Cl2FN2O4S. The van der Waals surface area contributed by atoms with Gasteiger partial charge in [0, 0.05) is 18.5 Å². The summed E-state index contributed by atoms with van der Waals surface area (Å²) < 4.78 is 44.9. The zero-order chi connectivity index (χ0) is 24.4. The lowest BCUT2D eigenvalue weighted by atomic mass is 9.86. The molecule has 0 aromatic heterocycles. The lowest BCUT2D eigenvalue weighted by Crippen LogP contribution is -2.54. The van der Waals surface area contributed by atoms with Gasteiger partial charge < -0.3 is 20.9 Å². The van der Waals surface area contributed by atoms with Gasteiger partial charge in [0.15, 0.2) is 9.84 Å². The van der Waals surface area contributed by atoms with Gasteiger partial charge in [-0.05, 0) is 47.6 Å². The number of hydrogen-bond acceptors (Lipinski definition) is 6. The van der Waals surface area contributed by atoms with Crippen LogP contribution in [0.15, 0.2) is 36.4 Å². The quantitative estimate of drug-likeness (QED) is 0.449. The van der Waals surface area contributed by atoms with E-state index in [1.54, 1.807) is 13.0 Å². The lowest BCUT2D eigenvalue weighted by molar-refractivity contribution is 0.0780. The van der Waals surface area contributed by atoms with Gasteiger partial charge in [-0.15, -0.1) is 24.8 Å². The van der Waals surface area contributed by atoms with Gasteiger partial charge in [-0.25, -0.2) is 12.8 Å². The van der Waals surface area contributed by atoms with Crippen LogP contribution in [-0.2, 0) is 28.2 Å². The van der Waals surface area contributed by atoms with Crippen LogP contribution in [0.25, 0.3) is 0 Å². The Morgan fingerprint density at radius 1 is 1.14 bits per heavy atom. The molecule has 3 atom stereocenters. The number of hydrogen-bond donors (Lipinski definition) is 3. The van der Waals surface area contributed by atoms with Gasteiger partial charge in [0.1, 0.15) is 17.3 Å².